The summed E-state index contributed by atoms with van der Waals surface area (Å²) in [6.45, 7) is 7.29. The first-order valence-corrected chi connectivity index (χ1v) is 11.5. The van der Waals surface area contributed by atoms with Crippen LogP contribution >= 0.6 is 0 Å². The SMILES string of the molecule is C=C(/C=C(\NN)C1CC1)Nc1cc(N2CCOCC2)nc(NCc2cc(-c3ccncn3)no2)n1. The Morgan fingerprint density at radius 1 is 1.20 bits per heavy atom. The Bertz CT molecular complexity index is 1190. The summed E-state index contributed by atoms with van der Waals surface area (Å²) in [6, 6.07) is 5.51. The van der Waals surface area contributed by atoms with Crippen LogP contribution in [0.25, 0.3) is 11.4 Å². The van der Waals surface area contributed by atoms with E-state index in [1.54, 1.807) is 12.3 Å². The van der Waals surface area contributed by atoms with Crippen LogP contribution in [-0.4, -0.2) is 51.4 Å². The molecule has 0 unspecified atom stereocenters. The molecule has 5 N–H and O–H groups in total. The Hall–Kier alpha value is -4.03. The third kappa shape index (κ3) is 5.91. The molecule has 1 saturated heterocycles. The number of nitrogens with zero attached hydrogens (tertiary/aromatic N) is 6. The Labute approximate surface area is 202 Å². The number of anilines is 3. The summed E-state index contributed by atoms with van der Waals surface area (Å²) in [5.41, 5.74) is 5.76. The zero-order valence-corrected chi connectivity index (χ0v) is 19.3. The summed E-state index contributed by atoms with van der Waals surface area (Å²) in [7, 11) is 0. The smallest absolute Gasteiger partial charge is 0.227 e. The molecular weight excluding hydrogens is 448 g/mol. The minimum absolute atomic E-state index is 0.355. The third-order valence-corrected chi connectivity index (χ3v) is 5.67. The van der Waals surface area contributed by atoms with E-state index in [9.17, 15) is 0 Å². The molecule has 5 rings (SSSR count). The Morgan fingerprint density at radius 3 is 2.80 bits per heavy atom. The number of nitrogens with one attached hydrogen (secondary N) is 3. The van der Waals surface area contributed by atoms with Crippen LogP contribution in [0.15, 0.2) is 59.3 Å². The number of hydrazine groups is 1. The van der Waals surface area contributed by atoms with Gasteiger partial charge in [-0.3, -0.25) is 5.84 Å². The fraction of sp³-hybridized carbons (Fsp3) is 0.348. The topological polar surface area (TPSA) is 152 Å². The Balaban J connectivity index is 1.32. The van der Waals surface area contributed by atoms with Gasteiger partial charge in [0.05, 0.1) is 25.5 Å². The first kappa shape index (κ1) is 22.7. The molecule has 0 radical (unpaired) electrons. The maximum absolute atomic E-state index is 5.67. The molecular formula is C23H28N10O2. The van der Waals surface area contributed by atoms with E-state index in [1.165, 1.54) is 6.33 Å². The lowest BCUT2D eigenvalue weighted by Crippen LogP contribution is -2.37. The van der Waals surface area contributed by atoms with E-state index in [0.717, 1.165) is 37.4 Å². The van der Waals surface area contributed by atoms with Crippen molar-refractivity contribution in [1.82, 2.24) is 30.5 Å². The van der Waals surface area contributed by atoms with Crippen LogP contribution in [0.4, 0.5) is 17.6 Å². The van der Waals surface area contributed by atoms with E-state index in [0.29, 0.717) is 60.3 Å². The molecule has 12 heteroatoms. The number of hydrogen-bond acceptors (Lipinski definition) is 12. The van der Waals surface area contributed by atoms with Crippen molar-refractivity contribution < 1.29 is 9.26 Å². The highest BCUT2D eigenvalue weighted by atomic mass is 16.5. The molecule has 0 bridgehead atoms. The monoisotopic (exact) mass is 476 g/mol. The molecule has 1 aliphatic carbocycles. The second kappa shape index (κ2) is 10.5. The van der Waals surface area contributed by atoms with Gasteiger partial charge in [0, 0.05) is 48.7 Å². The van der Waals surface area contributed by atoms with Crippen molar-refractivity contribution in [3.8, 4) is 11.4 Å². The van der Waals surface area contributed by atoms with Crippen LogP contribution in [0, 0.1) is 5.92 Å². The molecule has 2 aliphatic rings. The van der Waals surface area contributed by atoms with E-state index in [4.69, 9.17) is 20.1 Å². The largest absolute Gasteiger partial charge is 0.378 e. The normalized spacial score (nSPS) is 16.1. The molecule has 1 saturated carbocycles. The molecule has 2 fully saturated rings. The van der Waals surface area contributed by atoms with Gasteiger partial charge in [0.25, 0.3) is 0 Å². The van der Waals surface area contributed by atoms with Crippen molar-refractivity contribution in [2.24, 2.45) is 11.8 Å². The second-order valence-electron chi connectivity index (χ2n) is 8.33. The molecule has 0 amide bonds. The Kier molecular flexibility index (Phi) is 6.82. The number of hydrogen-bond donors (Lipinski definition) is 4. The quantitative estimate of drug-likeness (QED) is 0.192. The average Bonchev–Trinajstić information content (AvgIpc) is 3.63. The lowest BCUT2D eigenvalue weighted by atomic mass is 10.2. The Morgan fingerprint density at radius 2 is 2.06 bits per heavy atom. The summed E-state index contributed by atoms with van der Waals surface area (Å²) in [6.07, 6.45) is 7.32. The number of nitrogens with two attached hydrogens (primary N) is 1. The molecule has 12 nitrogen and oxygen atoms in total. The number of ether oxygens (including phenoxy) is 1. The molecule has 4 heterocycles. The van der Waals surface area contributed by atoms with Gasteiger partial charge in [0.15, 0.2) is 5.76 Å². The molecule has 0 aromatic carbocycles. The molecule has 182 valence electrons. The van der Waals surface area contributed by atoms with E-state index in [2.05, 4.69) is 47.6 Å². The van der Waals surface area contributed by atoms with Crippen molar-refractivity contribution in [1.29, 1.82) is 0 Å². The highest BCUT2D eigenvalue weighted by Crippen LogP contribution is 2.35. The summed E-state index contributed by atoms with van der Waals surface area (Å²) >= 11 is 0. The first-order chi connectivity index (χ1) is 17.2. The second-order valence-corrected chi connectivity index (χ2v) is 8.33. The molecule has 3 aromatic rings. The van der Waals surface area contributed by atoms with Gasteiger partial charge in [-0.15, -0.1) is 0 Å². The molecule has 1 aliphatic heterocycles. The van der Waals surface area contributed by atoms with E-state index in [1.807, 2.05) is 18.2 Å². The van der Waals surface area contributed by atoms with Crippen LogP contribution in [0.2, 0.25) is 0 Å². The van der Waals surface area contributed by atoms with Gasteiger partial charge in [-0.1, -0.05) is 11.7 Å². The summed E-state index contributed by atoms with van der Waals surface area (Å²) < 4.78 is 10.9. The van der Waals surface area contributed by atoms with E-state index >= 15 is 0 Å². The lowest BCUT2D eigenvalue weighted by molar-refractivity contribution is 0.122. The van der Waals surface area contributed by atoms with Crippen molar-refractivity contribution in [2.45, 2.75) is 19.4 Å². The molecule has 35 heavy (non-hydrogen) atoms. The summed E-state index contributed by atoms with van der Waals surface area (Å²) in [5, 5.41) is 10.6. The summed E-state index contributed by atoms with van der Waals surface area (Å²) in [4.78, 5) is 19.6. The van der Waals surface area contributed by atoms with Crippen LogP contribution in [0.3, 0.4) is 0 Å². The van der Waals surface area contributed by atoms with Gasteiger partial charge in [0.1, 0.15) is 23.7 Å². The minimum Gasteiger partial charge on any atom is -0.378 e. The average molecular weight is 477 g/mol. The first-order valence-electron chi connectivity index (χ1n) is 11.5. The fourth-order valence-corrected chi connectivity index (χ4v) is 3.72. The van der Waals surface area contributed by atoms with Crippen LogP contribution in [-0.2, 0) is 11.3 Å². The highest BCUT2D eigenvalue weighted by molar-refractivity contribution is 5.57. The van der Waals surface area contributed by atoms with Crippen molar-refractivity contribution in [2.75, 3.05) is 41.8 Å². The number of morpholine rings is 1. The van der Waals surface area contributed by atoms with Crippen LogP contribution in [0.1, 0.15) is 18.6 Å². The van der Waals surface area contributed by atoms with Crippen LogP contribution < -0.4 is 26.8 Å². The third-order valence-electron chi connectivity index (χ3n) is 5.67. The number of aromatic nitrogens is 5. The van der Waals surface area contributed by atoms with Gasteiger partial charge in [-0.2, -0.15) is 9.97 Å². The van der Waals surface area contributed by atoms with Gasteiger partial charge in [-0.05, 0) is 25.0 Å². The fourth-order valence-electron chi connectivity index (χ4n) is 3.72. The maximum atomic E-state index is 5.67. The van der Waals surface area contributed by atoms with E-state index < -0.39 is 0 Å². The maximum Gasteiger partial charge on any atom is 0.227 e. The zero-order valence-electron chi connectivity index (χ0n) is 19.3. The van der Waals surface area contributed by atoms with Crippen molar-refractivity contribution in [3.63, 3.8) is 0 Å². The standard InChI is InChI=1S/C23H28N10O2/c1-15(10-19(31-24)16-2-3-16)28-21-12-22(33-6-8-34-9-7-33)30-23(29-21)26-13-17-11-20(32-35-17)18-4-5-25-14-27-18/h4-5,10-12,14,16,31H,1-3,6-9,13,24H2,(H2,26,28,29,30)/b19-10-. The molecule has 0 atom stereocenters. The highest BCUT2D eigenvalue weighted by Gasteiger charge is 2.25. The number of allylic oxidation sites excluding steroid dienone is 2. The predicted octanol–water partition coefficient (Wildman–Crippen LogP) is 2.05. The van der Waals surface area contributed by atoms with Gasteiger partial charge >= 0.3 is 0 Å². The van der Waals surface area contributed by atoms with Crippen molar-refractivity contribution >= 4 is 17.6 Å². The zero-order chi connectivity index (χ0) is 24.0. The minimum atomic E-state index is 0.355. The van der Waals surface area contributed by atoms with Gasteiger partial charge < -0.3 is 30.2 Å². The van der Waals surface area contributed by atoms with Gasteiger partial charge in [0.2, 0.25) is 5.95 Å². The number of rotatable bonds is 10. The molecule has 0 spiro atoms. The predicted molar refractivity (Wildman–Crippen MR) is 131 cm³/mol. The summed E-state index contributed by atoms with van der Waals surface area (Å²) in [5.74, 6) is 8.64. The van der Waals surface area contributed by atoms with Crippen molar-refractivity contribution in [3.05, 3.63) is 60.5 Å². The van der Waals surface area contributed by atoms with Crippen LogP contribution in [0.5, 0.6) is 0 Å². The van der Waals surface area contributed by atoms with Gasteiger partial charge in [-0.25, -0.2) is 9.97 Å². The van der Waals surface area contributed by atoms with E-state index in [-0.39, 0.29) is 0 Å². The lowest BCUT2D eigenvalue weighted by Gasteiger charge is -2.28. The molecule has 3 aromatic heterocycles.